The van der Waals surface area contributed by atoms with Crippen molar-refractivity contribution in [1.82, 2.24) is 16.0 Å². The minimum absolute atomic E-state index is 0.0165. The fraction of sp³-hybridized carbons (Fsp3) is 0.800. The summed E-state index contributed by atoms with van der Waals surface area (Å²) in [5.74, 6) is -0.246. The quantitative estimate of drug-likeness (QED) is 0.474. The predicted molar refractivity (Wildman–Crippen MR) is 66.8 cm³/mol. The second-order valence-corrected chi connectivity index (χ2v) is 5.07. The summed E-state index contributed by atoms with van der Waals surface area (Å²) in [6.07, 6.45) is 1.89. The van der Waals surface area contributed by atoms with Gasteiger partial charge in [0, 0.05) is 17.8 Å². The van der Waals surface area contributed by atoms with Crippen LogP contribution in [0.1, 0.15) is 6.92 Å². The molecule has 0 aromatic heterocycles. The summed E-state index contributed by atoms with van der Waals surface area (Å²) < 4.78 is 0. The van der Waals surface area contributed by atoms with Crippen LogP contribution in [0.25, 0.3) is 0 Å². The minimum atomic E-state index is -0.392. The molecule has 4 N–H and O–H groups in total. The molecule has 0 saturated carbocycles. The Kier molecular flexibility index (Phi) is 5.73. The van der Waals surface area contributed by atoms with Gasteiger partial charge in [-0.3, -0.25) is 14.9 Å². The highest BCUT2D eigenvalue weighted by Crippen LogP contribution is 2.10. The second kappa shape index (κ2) is 6.83. The summed E-state index contributed by atoms with van der Waals surface area (Å²) in [7, 11) is 0. The van der Waals surface area contributed by atoms with Crippen LogP contribution in [0, 0.1) is 0 Å². The van der Waals surface area contributed by atoms with Crippen LogP contribution in [-0.2, 0) is 9.59 Å². The number of nitrogens with one attached hydrogen (secondary N) is 3. The minimum Gasteiger partial charge on any atom is -0.395 e. The molecule has 0 aliphatic carbocycles. The monoisotopic (exact) mass is 261 g/mol. The topological polar surface area (TPSA) is 90.5 Å². The van der Waals surface area contributed by atoms with Crippen molar-refractivity contribution in [2.24, 2.45) is 0 Å². The van der Waals surface area contributed by atoms with E-state index in [1.807, 2.05) is 13.2 Å². The summed E-state index contributed by atoms with van der Waals surface area (Å²) >= 11 is 1.51. The first-order valence-corrected chi connectivity index (χ1v) is 6.81. The van der Waals surface area contributed by atoms with Crippen LogP contribution in [-0.4, -0.2) is 60.2 Å². The van der Waals surface area contributed by atoms with Crippen molar-refractivity contribution in [1.29, 1.82) is 0 Å². The Balaban J connectivity index is 2.40. The van der Waals surface area contributed by atoms with E-state index in [4.69, 9.17) is 5.11 Å². The number of hydrogen-bond donors (Lipinski definition) is 4. The summed E-state index contributed by atoms with van der Waals surface area (Å²) in [5.41, 5.74) is 0. The molecule has 98 valence electrons. The van der Waals surface area contributed by atoms with Crippen molar-refractivity contribution in [2.45, 2.75) is 24.3 Å². The predicted octanol–water partition coefficient (Wildman–Crippen LogP) is -1.70. The molecule has 0 aromatic rings. The highest BCUT2D eigenvalue weighted by Gasteiger charge is 2.26. The zero-order chi connectivity index (χ0) is 12.8. The highest BCUT2D eigenvalue weighted by atomic mass is 32.2. The van der Waals surface area contributed by atoms with Crippen molar-refractivity contribution >= 4 is 23.6 Å². The van der Waals surface area contributed by atoms with Crippen LogP contribution in [0.15, 0.2) is 0 Å². The summed E-state index contributed by atoms with van der Waals surface area (Å²) in [6, 6.07) is -0.502. The number of thioether (sulfide) groups is 1. The first-order valence-electron chi connectivity index (χ1n) is 5.52. The van der Waals surface area contributed by atoms with Crippen molar-refractivity contribution in [2.75, 3.05) is 26.0 Å². The van der Waals surface area contributed by atoms with E-state index < -0.39 is 6.04 Å². The van der Waals surface area contributed by atoms with Crippen LogP contribution in [0.2, 0.25) is 0 Å². The Hall–Kier alpha value is -0.790. The fourth-order valence-corrected chi connectivity index (χ4v) is 2.23. The maximum atomic E-state index is 11.8. The number of amides is 2. The average Bonchev–Trinajstić information content (AvgIpc) is 2.31. The van der Waals surface area contributed by atoms with E-state index in [9.17, 15) is 9.59 Å². The average molecular weight is 261 g/mol. The highest BCUT2D eigenvalue weighted by molar-refractivity contribution is 7.99. The van der Waals surface area contributed by atoms with Crippen molar-refractivity contribution < 1.29 is 14.7 Å². The Morgan fingerprint density at radius 1 is 1.71 bits per heavy atom. The largest absolute Gasteiger partial charge is 0.395 e. The van der Waals surface area contributed by atoms with Crippen molar-refractivity contribution in [3.63, 3.8) is 0 Å². The summed E-state index contributed by atoms with van der Waals surface area (Å²) in [5, 5.41) is 17.4. The third kappa shape index (κ3) is 4.18. The fourth-order valence-electron chi connectivity index (χ4n) is 1.61. The van der Waals surface area contributed by atoms with Crippen LogP contribution < -0.4 is 16.0 Å². The molecular weight excluding hydrogens is 242 g/mol. The molecule has 17 heavy (non-hydrogen) atoms. The van der Waals surface area contributed by atoms with Gasteiger partial charge < -0.3 is 15.7 Å². The molecule has 6 nitrogen and oxygen atoms in total. The SMILES string of the molecule is CSC(CO)C(C)NC(=O)C1CNC(=O)CN1. The maximum absolute atomic E-state index is 11.8. The summed E-state index contributed by atoms with van der Waals surface area (Å²) in [6.45, 7) is 2.35. The Morgan fingerprint density at radius 3 is 2.88 bits per heavy atom. The van der Waals surface area contributed by atoms with Gasteiger partial charge in [-0.25, -0.2) is 0 Å². The molecule has 2 amide bonds. The Bertz CT molecular complexity index is 274. The van der Waals surface area contributed by atoms with Gasteiger partial charge in [-0.1, -0.05) is 0 Å². The van der Waals surface area contributed by atoms with E-state index in [0.717, 1.165) is 0 Å². The lowest BCUT2D eigenvalue weighted by atomic mass is 10.2. The lowest BCUT2D eigenvalue weighted by Crippen LogP contribution is -2.59. The maximum Gasteiger partial charge on any atom is 0.239 e. The molecule has 3 atom stereocenters. The lowest BCUT2D eigenvalue weighted by Gasteiger charge is -2.27. The second-order valence-electron chi connectivity index (χ2n) is 3.99. The van der Waals surface area contributed by atoms with Crippen LogP contribution >= 0.6 is 11.8 Å². The molecule has 1 fully saturated rings. The molecule has 1 aliphatic rings. The molecule has 0 radical (unpaired) electrons. The molecule has 0 spiro atoms. The van der Waals surface area contributed by atoms with E-state index >= 15 is 0 Å². The van der Waals surface area contributed by atoms with Crippen LogP contribution in [0.3, 0.4) is 0 Å². The molecule has 1 rings (SSSR count). The molecule has 0 bridgehead atoms. The van der Waals surface area contributed by atoms with E-state index in [0.29, 0.717) is 6.54 Å². The number of rotatable bonds is 5. The van der Waals surface area contributed by atoms with Crippen LogP contribution in [0.5, 0.6) is 0 Å². The summed E-state index contributed by atoms with van der Waals surface area (Å²) in [4.78, 5) is 22.7. The van der Waals surface area contributed by atoms with Crippen molar-refractivity contribution in [3.8, 4) is 0 Å². The number of carbonyl (C=O) groups excluding carboxylic acids is 2. The molecule has 7 heteroatoms. The van der Waals surface area contributed by atoms with Gasteiger partial charge >= 0.3 is 0 Å². The number of aliphatic hydroxyl groups is 1. The zero-order valence-electron chi connectivity index (χ0n) is 10.0. The van der Waals surface area contributed by atoms with E-state index in [-0.39, 0.29) is 36.3 Å². The van der Waals surface area contributed by atoms with Gasteiger partial charge in [0.1, 0.15) is 6.04 Å². The molecule has 3 unspecified atom stereocenters. The first kappa shape index (κ1) is 14.3. The number of aliphatic hydroxyl groups excluding tert-OH is 1. The van der Waals surface area contributed by atoms with Crippen molar-refractivity contribution in [3.05, 3.63) is 0 Å². The van der Waals surface area contributed by atoms with E-state index in [2.05, 4.69) is 16.0 Å². The Morgan fingerprint density at radius 2 is 2.41 bits per heavy atom. The first-order chi connectivity index (χ1) is 8.08. The van der Waals surface area contributed by atoms with Gasteiger partial charge in [0.05, 0.1) is 13.2 Å². The van der Waals surface area contributed by atoms with Gasteiger partial charge in [0.15, 0.2) is 0 Å². The third-order valence-electron chi connectivity index (χ3n) is 2.74. The van der Waals surface area contributed by atoms with Gasteiger partial charge in [0.2, 0.25) is 11.8 Å². The lowest BCUT2D eigenvalue weighted by molar-refractivity contribution is -0.127. The normalized spacial score (nSPS) is 23.7. The van der Waals surface area contributed by atoms with E-state index in [1.165, 1.54) is 11.8 Å². The van der Waals surface area contributed by atoms with Crippen LogP contribution in [0.4, 0.5) is 0 Å². The van der Waals surface area contributed by atoms with Gasteiger partial charge in [-0.05, 0) is 13.2 Å². The number of piperazine rings is 1. The van der Waals surface area contributed by atoms with Gasteiger partial charge in [-0.15, -0.1) is 0 Å². The standard InChI is InChI=1S/C10H19N3O3S/c1-6(8(5-14)17-2)13-10(16)7-3-12-9(15)4-11-7/h6-8,11,14H,3-5H2,1-2H3,(H,12,15)(H,13,16). The molecule has 0 aromatic carbocycles. The van der Waals surface area contributed by atoms with E-state index in [1.54, 1.807) is 0 Å². The van der Waals surface area contributed by atoms with Gasteiger partial charge in [-0.2, -0.15) is 11.8 Å². The molecule has 1 aliphatic heterocycles. The van der Waals surface area contributed by atoms with Gasteiger partial charge in [0.25, 0.3) is 0 Å². The molecular formula is C10H19N3O3S. The number of hydrogen-bond acceptors (Lipinski definition) is 5. The number of carbonyl (C=O) groups is 2. The third-order valence-corrected chi connectivity index (χ3v) is 3.90. The smallest absolute Gasteiger partial charge is 0.239 e. The zero-order valence-corrected chi connectivity index (χ0v) is 10.8. The molecule has 1 heterocycles. The Labute approximate surface area is 105 Å². The molecule has 1 saturated heterocycles.